The van der Waals surface area contributed by atoms with Gasteiger partial charge < -0.3 is 5.32 Å². The Kier molecular flexibility index (Phi) is 6.71. The van der Waals surface area contributed by atoms with Crippen LogP contribution in [-0.4, -0.2) is 30.4 Å². The number of amides is 1. The van der Waals surface area contributed by atoms with Crippen molar-refractivity contribution in [1.82, 2.24) is 10.2 Å². The van der Waals surface area contributed by atoms with Crippen LogP contribution in [0.15, 0.2) is 24.3 Å². The first-order chi connectivity index (χ1) is 10.5. The zero-order chi connectivity index (χ0) is 15.9. The first kappa shape index (κ1) is 17.3. The number of halogens is 1. The zero-order valence-electron chi connectivity index (χ0n) is 13.6. The molecule has 1 fully saturated rings. The van der Waals surface area contributed by atoms with E-state index >= 15 is 0 Å². The molecule has 22 heavy (non-hydrogen) atoms. The van der Waals surface area contributed by atoms with Crippen LogP contribution in [-0.2, 0) is 11.3 Å². The number of nitrogens with zero attached hydrogens (tertiary/aromatic N) is 1. The first-order valence-corrected chi connectivity index (χ1v) is 8.67. The molecule has 4 heteroatoms. The van der Waals surface area contributed by atoms with Crippen molar-refractivity contribution in [3.05, 3.63) is 34.9 Å². The van der Waals surface area contributed by atoms with Crippen molar-refractivity contribution in [2.24, 2.45) is 11.8 Å². The molecule has 0 bridgehead atoms. The maximum atomic E-state index is 12.3. The molecular weight excluding hydrogens is 296 g/mol. The van der Waals surface area contributed by atoms with E-state index < -0.39 is 0 Å². The lowest BCUT2D eigenvalue weighted by Gasteiger charge is -2.32. The molecule has 0 radical (unpaired) electrons. The SMILES string of the molecule is CC(C)CCNC(=O)[C@@H]1CCCN(Cc2ccc(Cl)cc2)C1. The highest BCUT2D eigenvalue weighted by Gasteiger charge is 2.25. The van der Waals surface area contributed by atoms with Gasteiger partial charge in [-0.1, -0.05) is 37.6 Å². The minimum Gasteiger partial charge on any atom is -0.356 e. The van der Waals surface area contributed by atoms with Gasteiger partial charge >= 0.3 is 0 Å². The van der Waals surface area contributed by atoms with Gasteiger partial charge in [-0.25, -0.2) is 0 Å². The third-order valence-corrected chi connectivity index (χ3v) is 4.47. The molecular formula is C18H27ClN2O. The second kappa shape index (κ2) is 8.54. The predicted molar refractivity (Wildman–Crippen MR) is 91.9 cm³/mol. The molecule has 0 aliphatic carbocycles. The number of carbonyl (C=O) groups excluding carboxylic acids is 1. The molecule has 1 aromatic carbocycles. The number of carbonyl (C=O) groups is 1. The molecule has 1 aliphatic rings. The molecule has 1 atom stereocenters. The van der Waals surface area contributed by atoms with Crippen molar-refractivity contribution < 1.29 is 4.79 Å². The second-order valence-electron chi connectivity index (χ2n) is 6.67. The molecule has 1 N–H and O–H groups in total. The minimum absolute atomic E-state index is 0.133. The Bertz CT molecular complexity index is 472. The molecule has 0 aromatic heterocycles. The summed E-state index contributed by atoms with van der Waals surface area (Å²) in [5.74, 6) is 0.989. The summed E-state index contributed by atoms with van der Waals surface area (Å²) in [6, 6.07) is 7.98. The Hall–Kier alpha value is -1.06. The maximum Gasteiger partial charge on any atom is 0.224 e. The van der Waals surface area contributed by atoms with Crippen molar-refractivity contribution in [3.8, 4) is 0 Å². The van der Waals surface area contributed by atoms with Crippen LogP contribution in [0.2, 0.25) is 5.02 Å². The van der Waals surface area contributed by atoms with Crippen molar-refractivity contribution in [3.63, 3.8) is 0 Å². The van der Waals surface area contributed by atoms with Gasteiger partial charge in [-0.2, -0.15) is 0 Å². The fourth-order valence-corrected chi connectivity index (χ4v) is 3.02. The number of benzene rings is 1. The molecule has 2 rings (SSSR count). The van der Waals surface area contributed by atoms with Crippen LogP contribution in [0.5, 0.6) is 0 Å². The highest BCUT2D eigenvalue weighted by Crippen LogP contribution is 2.19. The lowest BCUT2D eigenvalue weighted by molar-refractivity contribution is -0.126. The normalized spacial score (nSPS) is 19.4. The number of likely N-dealkylation sites (tertiary alicyclic amines) is 1. The summed E-state index contributed by atoms with van der Waals surface area (Å²) in [6.07, 6.45) is 3.15. The molecule has 0 spiro atoms. The van der Waals surface area contributed by atoms with E-state index in [1.54, 1.807) is 0 Å². The summed E-state index contributed by atoms with van der Waals surface area (Å²) < 4.78 is 0. The number of hydrogen-bond donors (Lipinski definition) is 1. The second-order valence-corrected chi connectivity index (χ2v) is 7.11. The summed E-state index contributed by atoms with van der Waals surface area (Å²) in [4.78, 5) is 14.6. The molecule has 0 unspecified atom stereocenters. The van der Waals surface area contributed by atoms with Gasteiger partial charge in [0.15, 0.2) is 0 Å². The van der Waals surface area contributed by atoms with E-state index in [0.29, 0.717) is 5.92 Å². The number of nitrogens with one attached hydrogen (secondary N) is 1. The van der Waals surface area contributed by atoms with E-state index in [1.165, 1.54) is 5.56 Å². The van der Waals surface area contributed by atoms with Crippen LogP contribution in [0.25, 0.3) is 0 Å². The van der Waals surface area contributed by atoms with Crippen molar-refractivity contribution >= 4 is 17.5 Å². The first-order valence-electron chi connectivity index (χ1n) is 8.29. The summed E-state index contributed by atoms with van der Waals surface area (Å²) >= 11 is 5.92. The summed E-state index contributed by atoms with van der Waals surface area (Å²) in [6.45, 7) is 7.98. The van der Waals surface area contributed by atoms with E-state index in [0.717, 1.165) is 50.5 Å². The molecule has 1 saturated heterocycles. The van der Waals surface area contributed by atoms with Gasteiger partial charge in [0.05, 0.1) is 5.92 Å². The Morgan fingerprint density at radius 3 is 2.77 bits per heavy atom. The molecule has 1 amide bonds. The van der Waals surface area contributed by atoms with E-state index in [2.05, 4.69) is 36.2 Å². The Labute approximate surface area is 139 Å². The lowest BCUT2D eigenvalue weighted by atomic mass is 9.96. The predicted octanol–water partition coefficient (Wildman–Crippen LogP) is 3.71. The number of piperidine rings is 1. The Balaban J connectivity index is 1.80. The van der Waals surface area contributed by atoms with Crippen LogP contribution in [0.3, 0.4) is 0 Å². The third-order valence-electron chi connectivity index (χ3n) is 4.22. The molecule has 0 saturated carbocycles. The lowest BCUT2D eigenvalue weighted by Crippen LogP contribution is -2.43. The van der Waals surface area contributed by atoms with E-state index in [9.17, 15) is 4.79 Å². The molecule has 1 heterocycles. The summed E-state index contributed by atoms with van der Waals surface area (Å²) in [5.41, 5.74) is 1.25. The van der Waals surface area contributed by atoms with Crippen LogP contribution < -0.4 is 5.32 Å². The zero-order valence-corrected chi connectivity index (χ0v) is 14.4. The van der Waals surface area contributed by atoms with Crippen molar-refractivity contribution in [1.29, 1.82) is 0 Å². The summed E-state index contributed by atoms with van der Waals surface area (Å²) in [5, 5.41) is 3.86. The fraction of sp³-hybridized carbons (Fsp3) is 0.611. The average molecular weight is 323 g/mol. The highest BCUT2D eigenvalue weighted by molar-refractivity contribution is 6.30. The molecule has 1 aliphatic heterocycles. The van der Waals surface area contributed by atoms with Crippen LogP contribution in [0, 0.1) is 11.8 Å². The largest absolute Gasteiger partial charge is 0.356 e. The maximum absolute atomic E-state index is 12.3. The topological polar surface area (TPSA) is 32.3 Å². The van der Waals surface area contributed by atoms with Crippen LogP contribution in [0.1, 0.15) is 38.7 Å². The van der Waals surface area contributed by atoms with Crippen LogP contribution in [0.4, 0.5) is 0 Å². The van der Waals surface area contributed by atoms with Gasteiger partial charge in [-0.05, 0) is 49.4 Å². The van der Waals surface area contributed by atoms with E-state index in [4.69, 9.17) is 11.6 Å². The van der Waals surface area contributed by atoms with Gasteiger partial charge in [0.2, 0.25) is 5.91 Å². The quantitative estimate of drug-likeness (QED) is 0.865. The number of rotatable bonds is 6. The van der Waals surface area contributed by atoms with E-state index in [-0.39, 0.29) is 11.8 Å². The molecule has 1 aromatic rings. The number of hydrogen-bond acceptors (Lipinski definition) is 2. The summed E-state index contributed by atoms with van der Waals surface area (Å²) in [7, 11) is 0. The molecule has 3 nitrogen and oxygen atoms in total. The van der Waals surface area contributed by atoms with Gasteiger partial charge in [0.25, 0.3) is 0 Å². The van der Waals surface area contributed by atoms with Gasteiger partial charge in [-0.3, -0.25) is 9.69 Å². The van der Waals surface area contributed by atoms with Gasteiger partial charge in [0.1, 0.15) is 0 Å². The Morgan fingerprint density at radius 2 is 2.09 bits per heavy atom. The monoisotopic (exact) mass is 322 g/mol. The standard InChI is InChI=1S/C18H27ClN2O/c1-14(2)9-10-20-18(22)16-4-3-11-21(13-16)12-15-5-7-17(19)8-6-15/h5-8,14,16H,3-4,9-13H2,1-2H3,(H,20,22)/t16-/m1/s1. The van der Waals surface area contributed by atoms with Crippen molar-refractivity contribution in [2.45, 2.75) is 39.7 Å². The third kappa shape index (κ3) is 5.62. The Morgan fingerprint density at radius 1 is 1.36 bits per heavy atom. The van der Waals surface area contributed by atoms with Gasteiger partial charge in [-0.15, -0.1) is 0 Å². The fourth-order valence-electron chi connectivity index (χ4n) is 2.89. The smallest absolute Gasteiger partial charge is 0.224 e. The van der Waals surface area contributed by atoms with Crippen molar-refractivity contribution in [2.75, 3.05) is 19.6 Å². The van der Waals surface area contributed by atoms with E-state index in [1.807, 2.05) is 12.1 Å². The van der Waals surface area contributed by atoms with Crippen LogP contribution >= 0.6 is 11.6 Å². The highest BCUT2D eigenvalue weighted by atomic mass is 35.5. The minimum atomic E-state index is 0.133. The average Bonchev–Trinajstić information content (AvgIpc) is 2.49. The van der Waals surface area contributed by atoms with Gasteiger partial charge in [0, 0.05) is 24.7 Å². The molecule has 122 valence electrons.